The molecular weight excluding hydrogens is 460 g/mol. The molecule has 0 saturated heterocycles. The number of fused-ring (bicyclic) bond motifs is 2. The van der Waals surface area contributed by atoms with Gasteiger partial charge in [0.2, 0.25) is 18.1 Å². The van der Waals surface area contributed by atoms with E-state index in [0.29, 0.717) is 41.9 Å². The number of carbonyl (C=O) groups excluding carboxylic acids is 2. The van der Waals surface area contributed by atoms with Crippen molar-refractivity contribution in [2.45, 2.75) is 32.4 Å². The van der Waals surface area contributed by atoms with Gasteiger partial charge in [-0.2, -0.15) is 0 Å². The zero-order chi connectivity index (χ0) is 25.7. The smallest absolute Gasteiger partial charge is 0.257 e. The normalized spacial score (nSPS) is 13.1. The van der Waals surface area contributed by atoms with Crippen LogP contribution in [-0.4, -0.2) is 61.3 Å². The Labute approximate surface area is 210 Å². The number of hydrogen-bond acceptors (Lipinski definition) is 6. The lowest BCUT2D eigenvalue weighted by Crippen LogP contribution is -2.49. The van der Waals surface area contributed by atoms with Crippen LogP contribution in [0.3, 0.4) is 0 Å². The molecule has 4 rings (SSSR count). The molecule has 36 heavy (non-hydrogen) atoms. The monoisotopic (exact) mass is 492 g/mol. The van der Waals surface area contributed by atoms with E-state index in [1.165, 1.54) is 6.20 Å². The summed E-state index contributed by atoms with van der Waals surface area (Å²) in [6, 6.07) is 12.0. The number of ether oxygens (including phenoxy) is 2. The van der Waals surface area contributed by atoms with Gasteiger partial charge in [-0.25, -0.2) is 0 Å². The Hall–Kier alpha value is -3.85. The molecule has 3 aromatic rings. The molecule has 1 aliphatic heterocycles. The first-order chi connectivity index (χ1) is 17.4. The van der Waals surface area contributed by atoms with Crippen LogP contribution in [0, 0.1) is 0 Å². The Morgan fingerprint density at radius 2 is 1.83 bits per heavy atom. The highest BCUT2D eigenvalue weighted by molar-refractivity contribution is 6.00. The summed E-state index contributed by atoms with van der Waals surface area (Å²) in [5.74, 6) is 0.158. The summed E-state index contributed by atoms with van der Waals surface area (Å²) in [7, 11) is 3.95. The van der Waals surface area contributed by atoms with Crippen LogP contribution < -0.4 is 25.5 Å². The third-order valence-corrected chi connectivity index (χ3v) is 6.15. The van der Waals surface area contributed by atoms with Gasteiger partial charge in [-0.3, -0.25) is 14.4 Å². The Bertz CT molecular complexity index is 1300. The zero-order valence-corrected chi connectivity index (χ0v) is 20.9. The molecule has 1 aromatic heterocycles. The van der Waals surface area contributed by atoms with Gasteiger partial charge in [-0.15, -0.1) is 0 Å². The largest absolute Gasteiger partial charge is 0.454 e. The fourth-order valence-electron chi connectivity index (χ4n) is 4.23. The maximum Gasteiger partial charge on any atom is 0.257 e. The first-order valence-corrected chi connectivity index (χ1v) is 12.1. The van der Waals surface area contributed by atoms with Gasteiger partial charge in [0.15, 0.2) is 11.5 Å². The van der Waals surface area contributed by atoms with Crippen molar-refractivity contribution in [3.63, 3.8) is 0 Å². The van der Waals surface area contributed by atoms with Crippen LogP contribution in [0.1, 0.15) is 29.3 Å². The molecular formula is C27H32N4O5. The predicted octanol–water partition coefficient (Wildman–Crippen LogP) is 2.16. The summed E-state index contributed by atoms with van der Waals surface area (Å²) in [4.78, 5) is 41.8. The minimum Gasteiger partial charge on any atom is -0.454 e. The number of benzene rings is 2. The number of rotatable bonds is 10. The third kappa shape index (κ3) is 5.68. The lowest BCUT2D eigenvalue weighted by molar-refractivity contribution is -0.122. The van der Waals surface area contributed by atoms with Crippen molar-refractivity contribution in [1.29, 1.82) is 0 Å². The first-order valence-electron chi connectivity index (χ1n) is 12.1. The predicted molar refractivity (Wildman–Crippen MR) is 138 cm³/mol. The van der Waals surface area contributed by atoms with Crippen molar-refractivity contribution in [3.05, 3.63) is 70.0 Å². The third-order valence-electron chi connectivity index (χ3n) is 6.15. The zero-order valence-electron chi connectivity index (χ0n) is 20.9. The minimum atomic E-state index is -0.832. The molecule has 1 atom stereocenters. The lowest BCUT2D eigenvalue weighted by Gasteiger charge is -2.20. The molecule has 0 bridgehead atoms. The van der Waals surface area contributed by atoms with Gasteiger partial charge >= 0.3 is 0 Å². The van der Waals surface area contributed by atoms with Crippen molar-refractivity contribution < 1.29 is 19.1 Å². The van der Waals surface area contributed by atoms with E-state index in [9.17, 15) is 14.4 Å². The molecule has 1 unspecified atom stereocenters. The average Bonchev–Trinajstić information content (AvgIpc) is 3.33. The number of nitrogens with zero attached hydrogens (tertiary/aromatic N) is 2. The van der Waals surface area contributed by atoms with Crippen molar-refractivity contribution >= 4 is 22.7 Å². The van der Waals surface area contributed by atoms with Crippen LogP contribution in [-0.2, 0) is 17.8 Å². The number of pyridine rings is 1. The Morgan fingerprint density at radius 3 is 2.53 bits per heavy atom. The maximum absolute atomic E-state index is 13.4. The molecule has 9 heteroatoms. The Balaban J connectivity index is 1.60. The molecule has 0 spiro atoms. The molecule has 2 amide bonds. The van der Waals surface area contributed by atoms with E-state index in [1.54, 1.807) is 12.1 Å². The SMILES string of the molecule is CCn1cc(C(=O)NC(Cc2ccccc2)C(=O)NCCCN(C)C)c(=O)c2cc3c(cc21)OCO3. The van der Waals surface area contributed by atoms with Crippen molar-refractivity contribution in [3.8, 4) is 11.5 Å². The summed E-state index contributed by atoms with van der Waals surface area (Å²) in [5, 5.41) is 6.09. The molecule has 1 aliphatic rings. The highest BCUT2D eigenvalue weighted by atomic mass is 16.7. The fourth-order valence-corrected chi connectivity index (χ4v) is 4.23. The van der Waals surface area contributed by atoms with Crippen LogP contribution in [0.25, 0.3) is 10.9 Å². The van der Waals surface area contributed by atoms with E-state index in [-0.39, 0.29) is 18.3 Å². The number of aromatic nitrogens is 1. The van der Waals surface area contributed by atoms with Gasteiger partial charge in [0.25, 0.3) is 5.91 Å². The van der Waals surface area contributed by atoms with E-state index in [2.05, 4.69) is 10.6 Å². The second-order valence-corrected chi connectivity index (χ2v) is 9.04. The molecule has 2 heterocycles. The summed E-state index contributed by atoms with van der Waals surface area (Å²) < 4.78 is 12.7. The van der Waals surface area contributed by atoms with Gasteiger partial charge in [-0.05, 0) is 45.6 Å². The first kappa shape index (κ1) is 25.2. The summed E-state index contributed by atoms with van der Waals surface area (Å²) in [6.07, 6.45) is 2.63. The highest BCUT2D eigenvalue weighted by Crippen LogP contribution is 2.35. The quantitative estimate of drug-likeness (QED) is 0.421. The Kier molecular flexibility index (Phi) is 7.90. The van der Waals surface area contributed by atoms with E-state index in [0.717, 1.165) is 18.5 Å². The van der Waals surface area contributed by atoms with Crippen LogP contribution in [0.4, 0.5) is 0 Å². The minimum absolute atomic E-state index is 0.0262. The van der Waals surface area contributed by atoms with Gasteiger partial charge in [0.1, 0.15) is 11.6 Å². The van der Waals surface area contributed by atoms with Gasteiger partial charge in [0, 0.05) is 31.8 Å². The topological polar surface area (TPSA) is 102 Å². The van der Waals surface area contributed by atoms with Crippen LogP contribution in [0.15, 0.2) is 53.5 Å². The Morgan fingerprint density at radius 1 is 1.11 bits per heavy atom. The van der Waals surface area contributed by atoms with Gasteiger partial charge in [-0.1, -0.05) is 30.3 Å². The molecule has 190 valence electrons. The van der Waals surface area contributed by atoms with Crippen molar-refractivity contribution in [2.24, 2.45) is 0 Å². The van der Waals surface area contributed by atoms with E-state index >= 15 is 0 Å². The van der Waals surface area contributed by atoms with Crippen LogP contribution >= 0.6 is 0 Å². The second kappa shape index (κ2) is 11.3. The summed E-state index contributed by atoms with van der Waals surface area (Å²) in [5.41, 5.74) is 1.11. The highest BCUT2D eigenvalue weighted by Gasteiger charge is 2.25. The lowest BCUT2D eigenvalue weighted by atomic mass is 10.0. The number of carbonyl (C=O) groups is 2. The van der Waals surface area contributed by atoms with Crippen LogP contribution in [0.2, 0.25) is 0 Å². The average molecular weight is 493 g/mol. The fraction of sp³-hybridized carbons (Fsp3) is 0.370. The number of amides is 2. The van der Waals surface area contributed by atoms with Crippen molar-refractivity contribution in [1.82, 2.24) is 20.1 Å². The molecule has 0 saturated carbocycles. The number of aryl methyl sites for hydroxylation is 1. The molecule has 2 aromatic carbocycles. The summed E-state index contributed by atoms with van der Waals surface area (Å²) >= 11 is 0. The maximum atomic E-state index is 13.4. The molecule has 0 fully saturated rings. The number of nitrogens with one attached hydrogen (secondary N) is 2. The van der Waals surface area contributed by atoms with Gasteiger partial charge < -0.3 is 29.6 Å². The summed E-state index contributed by atoms with van der Waals surface area (Å²) in [6.45, 7) is 3.88. The second-order valence-electron chi connectivity index (χ2n) is 9.04. The molecule has 9 nitrogen and oxygen atoms in total. The van der Waals surface area contributed by atoms with Crippen LogP contribution in [0.5, 0.6) is 11.5 Å². The molecule has 2 N–H and O–H groups in total. The van der Waals surface area contributed by atoms with E-state index in [4.69, 9.17) is 9.47 Å². The van der Waals surface area contributed by atoms with Gasteiger partial charge in [0.05, 0.1) is 10.9 Å². The molecule has 0 radical (unpaired) electrons. The van der Waals surface area contributed by atoms with E-state index < -0.39 is 17.4 Å². The molecule has 0 aliphatic carbocycles. The number of hydrogen-bond donors (Lipinski definition) is 2. The van der Waals surface area contributed by atoms with Crippen molar-refractivity contribution in [2.75, 3.05) is 34.0 Å². The van der Waals surface area contributed by atoms with E-state index in [1.807, 2.05) is 60.8 Å². The standard InChI is InChI=1S/C27H32N4O5/c1-4-31-16-20(25(32)19-14-23-24(15-22(19)31)36-17-35-23)26(33)29-21(13-18-9-6-5-7-10-18)27(34)28-11-8-12-30(2)3/h5-7,9-10,14-16,21H,4,8,11-13,17H2,1-3H3,(H,28,34)(H,29,33).